The lowest BCUT2D eigenvalue weighted by Gasteiger charge is -2.20. The molecule has 0 aliphatic heterocycles. The third-order valence-corrected chi connectivity index (χ3v) is 3.72. The summed E-state index contributed by atoms with van der Waals surface area (Å²) in [5.41, 5.74) is 1.95. The van der Waals surface area contributed by atoms with Crippen molar-refractivity contribution >= 4 is 11.6 Å². The molecule has 0 bridgehead atoms. The van der Waals surface area contributed by atoms with Crippen LogP contribution in [0.4, 0.5) is 5.69 Å². The number of aryl methyl sites for hydroxylation is 1. The van der Waals surface area contributed by atoms with E-state index in [1.165, 1.54) is 0 Å². The Morgan fingerprint density at radius 2 is 1.91 bits per heavy atom. The van der Waals surface area contributed by atoms with Crippen molar-refractivity contribution in [3.8, 4) is 0 Å². The van der Waals surface area contributed by atoms with Crippen molar-refractivity contribution in [2.45, 2.75) is 39.7 Å². The Morgan fingerprint density at radius 3 is 2.48 bits per heavy atom. The molecule has 0 unspecified atom stereocenters. The molecule has 0 saturated carbocycles. The van der Waals surface area contributed by atoms with Crippen LogP contribution in [-0.4, -0.2) is 34.5 Å². The van der Waals surface area contributed by atoms with Gasteiger partial charge in [-0.2, -0.15) is 4.98 Å². The SMILES string of the molecule is Cc1ccc(NC(=O)CN(C)[C@@H](C)c2nc(C(C)C)no2)cc1. The summed E-state index contributed by atoms with van der Waals surface area (Å²) >= 11 is 0. The minimum atomic E-state index is -0.126. The van der Waals surface area contributed by atoms with Gasteiger partial charge in [-0.1, -0.05) is 36.7 Å². The molecular weight excluding hydrogens is 292 g/mol. The maximum absolute atomic E-state index is 12.1. The van der Waals surface area contributed by atoms with E-state index in [0.717, 1.165) is 11.3 Å². The molecule has 6 heteroatoms. The number of hydrogen-bond donors (Lipinski definition) is 1. The number of nitrogens with zero attached hydrogens (tertiary/aromatic N) is 3. The number of hydrogen-bond acceptors (Lipinski definition) is 5. The summed E-state index contributed by atoms with van der Waals surface area (Å²) in [5, 5.41) is 6.84. The number of likely N-dealkylation sites (N-methyl/N-ethyl adjacent to an activating group) is 1. The molecule has 0 saturated heterocycles. The molecule has 2 rings (SSSR count). The summed E-state index contributed by atoms with van der Waals surface area (Å²) < 4.78 is 5.29. The van der Waals surface area contributed by atoms with Gasteiger partial charge < -0.3 is 9.84 Å². The van der Waals surface area contributed by atoms with E-state index in [2.05, 4.69) is 15.5 Å². The van der Waals surface area contributed by atoms with Gasteiger partial charge in [-0.25, -0.2) is 0 Å². The molecule has 124 valence electrons. The molecule has 0 spiro atoms. The summed E-state index contributed by atoms with van der Waals surface area (Å²) in [6, 6.07) is 7.59. The number of benzene rings is 1. The molecule has 0 aliphatic carbocycles. The lowest BCUT2D eigenvalue weighted by molar-refractivity contribution is -0.117. The molecule has 1 aromatic heterocycles. The molecule has 1 N–H and O–H groups in total. The largest absolute Gasteiger partial charge is 0.338 e. The first-order valence-corrected chi connectivity index (χ1v) is 7.77. The number of amides is 1. The summed E-state index contributed by atoms with van der Waals surface area (Å²) in [4.78, 5) is 18.4. The molecule has 1 atom stereocenters. The van der Waals surface area contributed by atoms with E-state index in [1.54, 1.807) is 0 Å². The van der Waals surface area contributed by atoms with Crippen LogP contribution in [0.1, 0.15) is 50.0 Å². The predicted octanol–water partition coefficient (Wildman–Crippen LogP) is 3.13. The first kappa shape index (κ1) is 17.1. The second-order valence-electron chi connectivity index (χ2n) is 6.15. The molecule has 1 amide bonds. The fourth-order valence-electron chi connectivity index (χ4n) is 2.04. The topological polar surface area (TPSA) is 71.3 Å². The zero-order valence-corrected chi connectivity index (χ0v) is 14.3. The van der Waals surface area contributed by atoms with Crippen LogP contribution in [0.2, 0.25) is 0 Å². The number of anilines is 1. The van der Waals surface area contributed by atoms with Gasteiger partial charge in [0.25, 0.3) is 0 Å². The summed E-state index contributed by atoms with van der Waals surface area (Å²) in [5.74, 6) is 1.35. The number of rotatable bonds is 6. The van der Waals surface area contributed by atoms with Crippen LogP contribution in [0.15, 0.2) is 28.8 Å². The van der Waals surface area contributed by atoms with Gasteiger partial charge in [0.1, 0.15) is 0 Å². The Morgan fingerprint density at radius 1 is 1.26 bits per heavy atom. The summed E-state index contributed by atoms with van der Waals surface area (Å²) in [7, 11) is 1.86. The van der Waals surface area contributed by atoms with Gasteiger partial charge in [-0.05, 0) is 33.0 Å². The molecule has 0 aliphatic rings. The lowest BCUT2D eigenvalue weighted by Crippen LogP contribution is -2.32. The van der Waals surface area contributed by atoms with E-state index in [9.17, 15) is 4.79 Å². The van der Waals surface area contributed by atoms with Gasteiger partial charge in [0.05, 0.1) is 12.6 Å². The van der Waals surface area contributed by atoms with Crippen LogP contribution < -0.4 is 5.32 Å². The maximum Gasteiger partial charge on any atom is 0.243 e. The van der Waals surface area contributed by atoms with Crippen molar-refractivity contribution in [3.63, 3.8) is 0 Å². The van der Waals surface area contributed by atoms with Crippen LogP contribution >= 0.6 is 0 Å². The Kier molecular flexibility index (Phi) is 5.50. The second-order valence-corrected chi connectivity index (χ2v) is 6.15. The van der Waals surface area contributed by atoms with Crippen molar-refractivity contribution in [1.82, 2.24) is 15.0 Å². The van der Waals surface area contributed by atoms with E-state index in [0.29, 0.717) is 11.7 Å². The third-order valence-electron chi connectivity index (χ3n) is 3.72. The van der Waals surface area contributed by atoms with Crippen LogP contribution in [0.25, 0.3) is 0 Å². The van der Waals surface area contributed by atoms with Crippen molar-refractivity contribution in [1.29, 1.82) is 0 Å². The van der Waals surface area contributed by atoms with Crippen LogP contribution in [0, 0.1) is 6.92 Å². The van der Waals surface area contributed by atoms with Crippen LogP contribution in [0.3, 0.4) is 0 Å². The molecule has 0 fully saturated rings. The zero-order valence-electron chi connectivity index (χ0n) is 14.3. The van der Waals surface area contributed by atoms with E-state index >= 15 is 0 Å². The normalized spacial score (nSPS) is 12.7. The molecule has 23 heavy (non-hydrogen) atoms. The zero-order chi connectivity index (χ0) is 17.0. The fourth-order valence-corrected chi connectivity index (χ4v) is 2.04. The molecular formula is C17H24N4O2. The molecule has 1 heterocycles. The Labute approximate surface area is 136 Å². The van der Waals surface area contributed by atoms with Gasteiger partial charge in [-0.15, -0.1) is 0 Å². The van der Waals surface area contributed by atoms with Crippen LogP contribution in [-0.2, 0) is 4.79 Å². The third kappa shape index (κ3) is 4.63. The van der Waals surface area contributed by atoms with Crippen molar-refractivity contribution in [2.24, 2.45) is 0 Å². The van der Waals surface area contributed by atoms with E-state index < -0.39 is 0 Å². The highest BCUT2D eigenvalue weighted by Crippen LogP contribution is 2.19. The highest BCUT2D eigenvalue weighted by atomic mass is 16.5. The number of carbonyl (C=O) groups is 1. The smallest absolute Gasteiger partial charge is 0.243 e. The molecule has 1 aromatic carbocycles. The average Bonchev–Trinajstić information content (AvgIpc) is 2.98. The van der Waals surface area contributed by atoms with Gasteiger partial charge in [0.2, 0.25) is 11.8 Å². The molecule has 2 aromatic rings. The van der Waals surface area contributed by atoms with Crippen molar-refractivity contribution in [3.05, 3.63) is 41.5 Å². The van der Waals surface area contributed by atoms with Crippen LogP contribution in [0.5, 0.6) is 0 Å². The maximum atomic E-state index is 12.1. The van der Waals surface area contributed by atoms with Gasteiger partial charge in [0.15, 0.2) is 5.82 Å². The average molecular weight is 316 g/mol. The second kappa shape index (κ2) is 7.37. The Bertz CT molecular complexity index is 649. The van der Waals surface area contributed by atoms with E-state index in [-0.39, 0.29) is 24.4 Å². The Balaban J connectivity index is 1.92. The van der Waals surface area contributed by atoms with E-state index in [1.807, 2.05) is 63.9 Å². The van der Waals surface area contributed by atoms with Crippen molar-refractivity contribution < 1.29 is 9.32 Å². The van der Waals surface area contributed by atoms with Gasteiger partial charge in [-0.3, -0.25) is 9.69 Å². The minimum absolute atomic E-state index is 0.0770. The number of aromatic nitrogens is 2. The van der Waals surface area contributed by atoms with Gasteiger partial charge in [0, 0.05) is 11.6 Å². The highest BCUT2D eigenvalue weighted by Gasteiger charge is 2.21. The number of nitrogens with one attached hydrogen (secondary N) is 1. The number of carbonyl (C=O) groups excluding carboxylic acids is 1. The Hall–Kier alpha value is -2.21. The van der Waals surface area contributed by atoms with Crippen molar-refractivity contribution in [2.75, 3.05) is 18.9 Å². The fraction of sp³-hybridized carbons (Fsp3) is 0.471. The monoisotopic (exact) mass is 316 g/mol. The quantitative estimate of drug-likeness (QED) is 0.886. The summed E-state index contributed by atoms with van der Waals surface area (Å²) in [6.45, 7) is 8.22. The summed E-state index contributed by atoms with van der Waals surface area (Å²) in [6.07, 6.45) is 0. The van der Waals surface area contributed by atoms with E-state index in [4.69, 9.17) is 4.52 Å². The molecule has 0 radical (unpaired) electrons. The predicted molar refractivity (Wildman–Crippen MR) is 89.2 cm³/mol. The standard InChI is InChI=1S/C17H24N4O2/c1-11(2)16-19-17(23-20-16)13(4)21(5)10-15(22)18-14-8-6-12(3)7-9-14/h6-9,11,13H,10H2,1-5H3,(H,18,22)/t13-/m0/s1. The minimum Gasteiger partial charge on any atom is -0.338 e. The highest BCUT2D eigenvalue weighted by molar-refractivity contribution is 5.92. The lowest BCUT2D eigenvalue weighted by atomic mass is 10.2. The first-order chi connectivity index (χ1) is 10.9. The van der Waals surface area contributed by atoms with Gasteiger partial charge >= 0.3 is 0 Å². The first-order valence-electron chi connectivity index (χ1n) is 7.77. The molecule has 6 nitrogen and oxygen atoms in total.